The summed E-state index contributed by atoms with van der Waals surface area (Å²) in [7, 11) is 2.01. The number of nitrogens with one attached hydrogen (secondary N) is 1. The Morgan fingerprint density at radius 3 is 2.78 bits per heavy atom. The molecule has 2 aromatic rings. The lowest BCUT2D eigenvalue weighted by Gasteiger charge is -2.13. The Hall–Kier alpha value is -1.68. The minimum absolute atomic E-state index is 0.438. The van der Waals surface area contributed by atoms with Crippen LogP contribution in [0.1, 0.15) is 37.2 Å². The Kier molecular flexibility index (Phi) is 4.47. The molecule has 0 amide bonds. The molecule has 0 spiro atoms. The summed E-state index contributed by atoms with van der Waals surface area (Å²) in [6, 6.07) is 4.44. The molecule has 2 heterocycles. The highest BCUT2D eigenvalue weighted by Gasteiger charge is 2.09. The van der Waals surface area contributed by atoms with E-state index in [4.69, 9.17) is 0 Å². The summed E-state index contributed by atoms with van der Waals surface area (Å²) in [4.78, 5) is 8.47. The van der Waals surface area contributed by atoms with Crippen LogP contribution < -0.4 is 5.32 Å². The maximum Gasteiger partial charge on any atom is 0.147 e. The lowest BCUT2D eigenvalue weighted by molar-refractivity contribution is 0.540. The smallest absolute Gasteiger partial charge is 0.147 e. The van der Waals surface area contributed by atoms with Gasteiger partial charge in [-0.15, -0.1) is 0 Å². The van der Waals surface area contributed by atoms with Crippen molar-refractivity contribution in [2.24, 2.45) is 0 Å². The van der Waals surface area contributed by atoms with Gasteiger partial charge in [0.1, 0.15) is 5.82 Å². The predicted molar refractivity (Wildman–Crippen MR) is 72.3 cm³/mol. The van der Waals surface area contributed by atoms with Gasteiger partial charge in [-0.3, -0.25) is 0 Å². The first-order chi connectivity index (χ1) is 8.83. The summed E-state index contributed by atoms with van der Waals surface area (Å²) >= 11 is 0. The van der Waals surface area contributed by atoms with Crippen molar-refractivity contribution in [3.8, 4) is 0 Å². The fourth-order valence-corrected chi connectivity index (χ4v) is 2.11. The van der Waals surface area contributed by atoms with Crippen molar-refractivity contribution in [3.63, 3.8) is 0 Å². The van der Waals surface area contributed by atoms with Gasteiger partial charge in [-0.1, -0.05) is 13.3 Å². The van der Waals surface area contributed by atoms with Gasteiger partial charge in [0.2, 0.25) is 0 Å². The largest absolute Gasteiger partial charge is 0.346 e. The van der Waals surface area contributed by atoms with E-state index in [0.29, 0.717) is 6.04 Å². The average Bonchev–Trinajstić information content (AvgIpc) is 2.85. The van der Waals surface area contributed by atoms with Crippen molar-refractivity contribution in [2.45, 2.75) is 32.4 Å². The molecule has 0 aliphatic heterocycles. The van der Waals surface area contributed by atoms with Crippen LogP contribution in [-0.2, 0) is 6.54 Å². The summed E-state index contributed by atoms with van der Waals surface area (Å²) < 4.78 is 2.13. The van der Waals surface area contributed by atoms with Gasteiger partial charge in [-0.2, -0.15) is 0 Å². The van der Waals surface area contributed by atoms with Crippen molar-refractivity contribution in [3.05, 3.63) is 48.3 Å². The molecule has 18 heavy (non-hydrogen) atoms. The zero-order chi connectivity index (χ0) is 12.8. The first kappa shape index (κ1) is 12.8. The lowest BCUT2D eigenvalue weighted by atomic mass is 10.1. The minimum Gasteiger partial charge on any atom is -0.346 e. The number of hydrogen-bond donors (Lipinski definition) is 1. The zero-order valence-corrected chi connectivity index (χ0v) is 11.0. The second-order valence-electron chi connectivity index (χ2n) is 4.41. The SMILES string of the molecule is CCCC(NC)c1ccn(Cc2ncccn2)c1. The van der Waals surface area contributed by atoms with Gasteiger partial charge in [0.05, 0.1) is 6.54 Å². The van der Waals surface area contributed by atoms with Crippen LogP contribution in [0.2, 0.25) is 0 Å². The van der Waals surface area contributed by atoms with E-state index in [1.165, 1.54) is 12.0 Å². The van der Waals surface area contributed by atoms with E-state index >= 15 is 0 Å². The molecule has 4 heteroatoms. The molecule has 0 aromatic carbocycles. The lowest BCUT2D eigenvalue weighted by Crippen LogP contribution is -2.15. The van der Waals surface area contributed by atoms with Crippen LogP contribution in [-0.4, -0.2) is 21.6 Å². The van der Waals surface area contributed by atoms with Crippen molar-refractivity contribution < 1.29 is 0 Å². The second kappa shape index (κ2) is 6.31. The number of aromatic nitrogens is 3. The summed E-state index contributed by atoms with van der Waals surface area (Å²) in [5.41, 5.74) is 1.33. The van der Waals surface area contributed by atoms with Crippen LogP contribution in [0, 0.1) is 0 Å². The van der Waals surface area contributed by atoms with Crippen molar-refractivity contribution in [1.29, 1.82) is 0 Å². The molecular formula is C14H20N4. The summed E-state index contributed by atoms with van der Waals surface area (Å²) in [5, 5.41) is 3.35. The van der Waals surface area contributed by atoms with Gasteiger partial charge in [0, 0.05) is 30.8 Å². The van der Waals surface area contributed by atoms with E-state index in [0.717, 1.165) is 18.8 Å². The Morgan fingerprint density at radius 1 is 1.33 bits per heavy atom. The van der Waals surface area contributed by atoms with Gasteiger partial charge < -0.3 is 9.88 Å². The second-order valence-corrected chi connectivity index (χ2v) is 4.41. The molecule has 0 saturated heterocycles. The van der Waals surface area contributed by atoms with Crippen LogP contribution in [0.3, 0.4) is 0 Å². The molecule has 1 atom stereocenters. The van der Waals surface area contributed by atoms with Crippen LogP contribution in [0.5, 0.6) is 0 Å². The molecular weight excluding hydrogens is 224 g/mol. The molecule has 2 aromatic heterocycles. The molecule has 0 bridgehead atoms. The first-order valence-corrected chi connectivity index (χ1v) is 6.42. The molecule has 0 fully saturated rings. The highest BCUT2D eigenvalue weighted by Crippen LogP contribution is 2.18. The van der Waals surface area contributed by atoms with Gasteiger partial charge in [-0.25, -0.2) is 9.97 Å². The minimum atomic E-state index is 0.438. The molecule has 0 saturated carbocycles. The number of rotatable bonds is 6. The molecule has 0 aliphatic rings. The Morgan fingerprint density at radius 2 is 2.11 bits per heavy atom. The predicted octanol–water partition coefficient (Wildman–Crippen LogP) is 2.39. The van der Waals surface area contributed by atoms with Gasteiger partial charge in [0.25, 0.3) is 0 Å². The number of hydrogen-bond acceptors (Lipinski definition) is 3. The van der Waals surface area contributed by atoms with Crippen LogP contribution in [0.25, 0.3) is 0 Å². The monoisotopic (exact) mass is 244 g/mol. The normalized spacial score (nSPS) is 12.6. The molecule has 4 nitrogen and oxygen atoms in total. The third-order valence-corrected chi connectivity index (χ3v) is 3.04. The summed E-state index contributed by atoms with van der Waals surface area (Å²) in [6.45, 7) is 2.93. The van der Waals surface area contributed by atoms with Gasteiger partial charge >= 0.3 is 0 Å². The molecule has 2 rings (SSSR count). The average molecular weight is 244 g/mol. The fraction of sp³-hybridized carbons (Fsp3) is 0.429. The maximum absolute atomic E-state index is 4.24. The topological polar surface area (TPSA) is 42.7 Å². The standard InChI is InChI=1S/C14H20N4/c1-3-5-13(15-2)12-6-9-18(10-12)11-14-16-7-4-8-17-14/h4,6-10,13,15H,3,5,11H2,1-2H3. The van der Waals surface area contributed by atoms with E-state index in [1.807, 2.05) is 13.1 Å². The first-order valence-electron chi connectivity index (χ1n) is 6.42. The molecule has 1 N–H and O–H groups in total. The van der Waals surface area contributed by atoms with E-state index in [2.05, 4.69) is 45.2 Å². The Balaban J connectivity index is 2.06. The van der Waals surface area contributed by atoms with Crippen LogP contribution in [0.4, 0.5) is 0 Å². The quantitative estimate of drug-likeness (QED) is 0.848. The molecule has 0 radical (unpaired) electrons. The zero-order valence-electron chi connectivity index (χ0n) is 11.0. The van der Waals surface area contributed by atoms with Crippen molar-refractivity contribution in [1.82, 2.24) is 19.9 Å². The molecule has 1 unspecified atom stereocenters. The van der Waals surface area contributed by atoms with Crippen LogP contribution >= 0.6 is 0 Å². The highest BCUT2D eigenvalue weighted by atomic mass is 15.0. The Labute approximate surface area is 108 Å². The third kappa shape index (κ3) is 3.17. The van der Waals surface area contributed by atoms with E-state index in [1.54, 1.807) is 12.4 Å². The summed E-state index contributed by atoms with van der Waals surface area (Å²) in [6.07, 6.45) is 10.2. The van der Waals surface area contributed by atoms with E-state index in [-0.39, 0.29) is 0 Å². The van der Waals surface area contributed by atoms with Crippen molar-refractivity contribution in [2.75, 3.05) is 7.05 Å². The van der Waals surface area contributed by atoms with Gasteiger partial charge in [0.15, 0.2) is 0 Å². The van der Waals surface area contributed by atoms with E-state index in [9.17, 15) is 0 Å². The maximum atomic E-state index is 4.24. The molecule has 0 aliphatic carbocycles. The van der Waals surface area contributed by atoms with Gasteiger partial charge in [-0.05, 0) is 31.2 Å². The fourth-order valence-electron chi connectivity index (χ4n) is 2.11. The number of nitrogens with zero attached hydrogens (tertiary/aromatic N) is 3. The third-order valence-electron chi connectivity index (χ3n) is 3.04. The highest BCUT2D eigenvalue weighted by molar-refractivity contribution is 5.16. The summed E-state index contributed by atoms with van der Waals surface area (Å²) in [5.74, 6) is 0.844. The van der Waals surface area contributed by atoms with Crippen LogP contribution in [0.15, 0.2) is 36.9 Å². The van der Waals surface area contributed by atoms with E-state index < -0.39 is 0 Å². The Bertz CT molecular complexity index is 464. The molecule has 96 valence electrons. The van der Waals surface area contributed by atoms with Crippen molar-refractivity contribution >= 4 is 0 Å².